The van der Waals surface area contributed by atoms with Crippen LogP contribution in [0.1, 0.15) is 40.6 Å². The topological polar surface area (TPSA) is 109 Å². The second-order valence-corrected chi connectivity index (χ2v) is 8.29. The molecule has 2 atom stereocenters. The first-order valence-corrected chi connectivity index (χ1v) is 10.6. The van der Waals surface area contributed by atoms with Crippen molar-refractivity contribution in [3.63, 3.8) is 0 Å². The predicted molar refractivity (Wildman–Crippen MR) is 115 cm³/mol. The number of benzene rings is 1. The summed E-state index contributed by atoms with van der Waals surface area (Å²) in [5.41, 5.74) is 1.15. The van der Waals surface area contributed by atoms with E-state index in [1.54, 1.807) is 24.4 Å². The van der Waals surface area contributed by atoms with Crippen LogP contribution in [0.4, 0.5) is 4.39 Å². The molecule has 8 nitrogen and oxygen atoms in total. The molecule has 2 aliphatic rings. The molecule has 3 heterocycles. The van der Waals surface area contributed by atoms with Crippen molar-refractivity contribution >= 4 is 16.9 Å². The van der Waals surface area contributed by atoms with E-state index in [0.29, 0.717) is 17.9 Å². The number of carbonyl (C=O) groups is 1. The molecule has 2 fully saturated rings. The van der Waals surface area contributed by atoms with Crippen LogP contribution < -0.4 is 16.2 Å². The second-order valence-electron chi connectivity index (χ2n) is 8.29. The highest BCUT2D eigenvalue weighted by Crippen LogP contribution is 2.37. The SMILES string of the molecule is CNC(=O)c1c(O)c2ncc(Cc3ccc(F)cc3)cc2n(C2OC2NCC2CC2)c1=O. The molecule has 32 heavy (non-hydrogen) atoms. The van der Waals surface area contributed by atoms with Gasteiger partial charge in [-0.25, -0.2) is 4.39 Å². The molecule has 3 N–H and O–H groups in total. The van der Waals surface area contributed by atoms with Crippen molar-refractivity contribution in [3.05, 3.63) is 69.4 Å². The molecular weight excluding hydrogens is 415 g/mol. The number of hydrogen-bond donors (Lipinski definition) is 3. The summed E-state index contributed by atoms with van der Waals surface area (Å²) in [6, 6.07) is 7.88. The minimum Gasteiger partial charge on any atom is -0.505 e. The number of nitrogens with one attached hydrogen (secondary N) is 2. The van der Waals surface area contributed by atoms with Gasteiger partial charge >= 0.3 is 0 Å². The first-order valence-electron chi connectivity index (χ1n) is 10.6. The quantitative estimate of drug-likeness (QED) is 0.487. The Kier molecular flexibility index (Phi) is 5.15. The van der Waals surface area contributed by atoms with Gasteiger partial charge < -0.3 is 15.2 Å². The molecule has 0 radical (unpaired) electrons. The van der Waals surface area contributed by atoms with E-state index >= 15 is 0 Å². The van der Waals surface area contributed by atoms with Gasteiger partial charge in [-0.1, -0.05) is 12.1 Å². The number of aromatic nitrogens is 2. The monoisotopic (exact) mass is 438 g/mol. The summed E-state index contributed by atoms with van der Waals surface area (Å²) in [6.07, 6.45) is 3.46. The molecule has 9 heteroatoms. The van der Waals surface area contributed by atoms with Gasteiger partial charge in [-0.3, -0.25) is 24.5 Å². The van der Waals surface area contributed by atoms with Crippen LogP contribution in [-0.4, -0.2) is 40.4 Å². The summed E-state index contributed by atoms with van der Waals surface area (Å²) < 4.78 is 20.3. The standard InChI is InChI=1S/C23H23FN4O4/c1-25-20(30)17-19(29)18-16(9-14(11-26-18)8-12-4-6-15(24)7-5-12)28(22(17)31)23-21(32-23)27-10-13-2-3-13/h4-7,9,11,13,21,23,27,29H,2-3,8,10H2,1H3,(H,25,30). The molecule has 3 aromatic rings. The number of fused-ring (bicyclic) bond motifs is 1. The molecule has 2 unspecified atom stereocenters. The summed E-state index contributed by atoms with van der Waals surface area (Å²) >= 11 is 0. The van der Waals surface area contributed by atoms with Crippen molar-refractivity contribution in [2.24, 2.45) is 5.92 Å². The molecule has 166 valence electrons. The average molecular weight is 438 g/mol. The Morgan fingerprint density at radius 1 is 1.28 bits per heavy atom. The largest absolute Gasteiger partial charge is 0.505 e. The van der Waals surface area contributed by atoms with Gasteiger partial charge in [0.05, 0.1) is 5.52 Å². The van der Waals surface area contributed by atoms with Crippen LogP contribution in [0.5, 0.6) is 5.75 Å². The summed E-state index contributed by atoms with van der Waals surface area (Å²) in [4.78, 5) is 29.9. The molecule has 1 saturated heterocycles. The number of pyridine rings is 2. The number of epoxide rings is 1. The highest BCUT2D eigenvalue weighted by Gasteiger charge is 2.44. The minimum absolute atomic E-state index is 0.141. The van der Waals surface area contributed by atoms with Crippen LogP contribution in [0, 0.1) is 11.7 Å². The zero-order chi connectivity index (χ0) is 22.4. The fraction of sp³-hybridized carbons (Fsp3) is 0.348. The molecular formula is C23H23FN4O4. The van der Waals surface area contributed by atoms with Crippen LogP contribution in [0.25, 0.3) is 11.0 Å². The van der Waals surface area contributed by atoms with Crippen LogP contribution in [0.3, 0.4) is 0 Å². The zero-order valence-corrected chi connectivity index (χ0v) is 17.5. The van der Waals surface area contributed by atoms with Crippen LogP contribution in [-0.2, 0) is 11.2 Å². The third-order valence-electron chi connectivity index (χ3n) is 5.88. The van der Waals surface area contributed by atoms with Crippen molar-refractivity contribution in [3.8, 4) is 5.75 Å². The molecule has 2 aromatic heterocycles. The van der Waals surface area contributed by atoms with Gasteiger partial charge in [0.15, 0.2) is 18.2 Å². The number of nitrogens with zero attached hydrogens (tertiary/aromatic N) is 2. The number of amides is 1. The van der Waals surface area contributed by atoms with Crippen molar-refractivity contribution in [2.45, 2.75) is 31.7 Å². The Balaban J connectivity index is 1.57. The Morgan fingerprint density at radius 3 is 2.72 bits per heavy atom. The predicted octanol–water partition coefficient (Wildman–Crippen LogP) is 2.05. The number of halogens is 1. The number of ether oxygens (including phenoxy) is 1. The first kappa shape index (κ1) is 20.6. The lowest BCUT2D eigenvalue weighted by Gasteiger charge is -2.14. The van der Waals surface area contributed by atoms with E-state index in [1.807, 2.05) is 0 Å². The van der Waals surface area contributed by atoms with Gasteiger partial charge in [0.25, 0.3) is 11.5 Å². The maximum atomic E-state index is 13.3. The van der Waals surface area contributed by atoms with Crippen molar-refractivity contribution < 1.29 is 19.0 Å². The van der Waals surface area contributed by atoms with Gasteiger partial charge in [-0.15, -0.1) is 0 Å². The highest BCUT2D eigenvalue weighted by atomic mass is 19.1. The van der Waals surface area contributed by atoms with E-state index in [2.05, 4.69) is 15.6 Å². The number of carbonyl (C=O) groups excluding carboxylic acids is 1. The van der Waals surface area contributed by atoms with E-state index < -0.39 is 23.4 Å². The van der Waals surface area contributed by atoms with Crippen LogP contribution in [0.2, 0.25) is 0 Å². The van der Waals surface area contributed by atoms with Gasteiger partial charge in [-0.05, 0) is 54.5 Å². The Labute approximate surface area is 183 Å². The Hall–Kier alpha value is -3.30. The normalized spacial score (nSPS) is 19.8. The lowest BCUT2D eigenvalue weighted by atomic mass is 10.1. The molecule has 0 bridgehead atoms. The maximum absolute atomic E-state index is 13.3. The summed E-state index contributed by atoms with van der Waals surface area (Å²) in [7, 11) is 1.39. The third kappa shape index (κ3) is 3.85. The summed E-state index contributed by atoms with van der Waals surface area (Å²) in [5, 5.41) is 16.4. The fourth-order valence-corrected chi connectivity index (χ4v) is 3.88. The van der Waals surface area contributed by atoms with E-state index in [9.17, 15) is 19.1 Å². The van der Waals surface area contributed by atoms with Crippen LogP contribution in [0.15, 0.2) is 41.3 Å². The molecule has 1 amide bonds. The van der Waals surface area contributed by atoms with E-state index in [4.69, 9.17) is 4.74 Å². The minimum atomic E-state index is -0.691. The molecule has 0 spiro atoms. The van der Waals surface area contributed by atoms with E-state index in [0.717, 1.165) is 17.7 Å². The van der Waals surface area contributed by atoms with E-state index in [-0.39, 0.29) is 23.1 Å². The fourth-order valence-electron chi connectivity index (χ4n) is 3.88. The van der Waals surface area contributed by atoms with Gasteiger partial charge in [0.2, 0.25) is 0 Å². The molecule has 1 aromatic carbocycles. The lowest BCUT2D eigenvalue weighted by Crippen LogP contribution is -2.33. The van der Waals surface area contributed by atoms with Gasteiger partial charge in [0, 0.05) is 19.8 Å². The smallest absolute Gasteiger partial charge is 0.270 e. The van der Waals surface area contributed by atoms with Gasteiger partial charge in [-0.2, -0.15) is 0 Å². The summed E-state index contributed by atoms with van der Waals surface area (Å²) in [5.74, 6) is -0.833. The third-order valence-corrected chi connectivity index (χ3v) is 5.88. The molecule has 5 rings (SSSR count). The lowest BCUT2D eigenvalue weighted by molar-refractivity contribution is 0.0958. The average Bonchev–Trinajstić information content (AvgIpc) is 3.70. The second kappa shape index (κ2) is 7.99. The number of hydrogen-bond acceptors (Lipinski definition) is 6. The number of aromatic hydroxyl groups is 1. The first-order chi connectivity index (χ1) is 15.5. The number of rotatable bonds is 7. The van der Waals surface area contributed by atoms with Crippen molar-refractivity contribution in [1.82, 2.24) is 20.2 Å². The molecule has 1 aliphatic carbocycles. The zero-order valence-electron chi connectivity index (χ0n) is 17.5. The van der Waals surface area contributed by atoms with Crippen molar-refractivity contribution in [1.29, 1.82) is 0 Å². The molecule has 1 saturated carbocycles. The van der Waals surface area contributed by atoms with Crippen molar-refractivity contribution in [2.75, 3.05) is 13.6 Å². The van der Waals surface area contributed by atoms with Crippen LogP contribution >= 0.6 is 0 Å². The Bertz CT molecular complexity index is 1250. The molecule has 1 aliphatic heterocycles. The maximum Gasteiger partial charge on any atom is 0.270 e. The van der Waals surface area contributed by atoms with Gasteiger partial charge in [0.1, 0.15) is 16.9 Å². The van der Waals surface area contributed by atoms with E-state index in [1.165, 1.54) is 36.6 Å². The highest BCUT2D eigenvalue weighted by molar-refractivity contribution is 6.01. The Morgan fingerprint density at radius 2 is 2.03 bits per heavy atom. The summed E-state index contributed by atoms with van der Waals surface area (Å²) in [6.45, 7) is 0.808.